The molecule has 2 rings (SSSR count). The van der Waals surface area contributed by atoms with E-state index >= 15 is 0 Å². The van der Waals surface area contributed by atoms with E-state index in [1.165, 1.54) is 19.3 Å². The summed E-state index contributed by atoms with van der Waals surface area (Å²) in [6.07, 6.45) is 5.92. The van der Waals surface area contributed by atoms with Crippen LogP contribution in [0.3, 0.4) is 0 Å². The van der Waals surface area contributed by atoms with Crippen molar-refractivity contribution >= 4 is 17.7 Å². The average Bonchev–Trinajstić information content (AvgIpc) is 2.38. The third-order valence-corrected chi connectivity index (χ3v) is 5.41. The van der Waals surface area contributed by atoms with Crippen molar-refractivity contribution in [2.45, 2.75) is 29.9 Å². The minimum atomic E-state index is -0.759. The lowest BCUT2D eigenvalue weighted by molar-refractivity contribution is -0.138. The Morgan fingerprint density at radius 3 is 2.58 bits per heavy atom. The molecular weight excluding hydrogens is 258 g/mol. The number of aliphatic carboxylic acids is 1. The Morgan fingerprint density at radius 1 is 1.42 bits per heavy atom. The fourth-order valence-corrected chi connectivity index (χ4v) is 3.44. The second kappa shape index (κ2) is 6.44. The van der Waals surface area contributed by atoms with Crippen molar-refractivity contribution in [3.63, 3.8) is 0 Å². The number of benzene rings is 1. The molecule has 0 saturated heterocycles. The first-order valence-corrected chi connectivity index (χ1v) is 7.93. The molecule has 0 radical (unpaired) electrons. The molecule has 1 aliphatic rings. The third kappa shape index (κ3) is 3.51. The van der Waals surface area contributed by atoms with Crippen LogP contribution in [0.25, 0.3) is 0 Å². The molecule has 104 valence electrons. The molecule has 0 spiro atoms. The number of carboxylic acids is 1. The first-order valence-electron chi connectivity index (χ1n) is 6.70. The fraction of sp³-hybridized carbons (Fsp3) is 0.533. The van der Waals surface area contributed by atoms with Gasteiger partial charge in [0.25, 0.3) is 0 Å². The Kier molecular flexibility index (Phi) is 4.88. The molecule has 2 N–H and O–H groups in total. The Bertz CT molecular complexity index is 412. The van der Waals surface area contributed by atoms with Gasteiger partial charge in [-0.3, -0.25) is 4.79 Å². The molecule has 0 aromatic heterocycles. The van der Waals surface area contributed by atoms with Crippen LogP contribution in [-0.2, 0) is 4.79 Å². The predicted octanol–water partition coefficient (Wildman–Crippen LogP) is 2.73. The van der Waals surface area contributed by atoms with Gasteiger partial charge in [-0.25, -0.2) is 0 Å². The fourth-order valence-electron chi connectivity index (χ4n) is 2.50. The van der Waals surface area contributed by atoms with Gasteiger partial charge in [0, 0.05) is 17.8 Å². The topological polar surface area (TPSA) is 49.3 Å². The molecule has 1 unspecified atom stereocenters. The maximum Gasteiger partial charge on any atom is 0.312 e. The van der Waals surface area contributed by atoms with Crippen LogP contribution in [0, 0.1) is 0 Å². The summed E-state index contributed by atoms with van der Waals surface area (Å²) in [5.41, 5.74) is 0.870. The van der Waals surface area contributed by atoms with Crippen LogP contribution in [0.5, 0.6) is 0 Å². The van der Waals surface area contributed by atoms with Gasteiger partial charge in [0.05, 0.1) is 5.92 Å². The van der Waals surface area contributed by atoms with E-state index in [-0.39, 0.29) is 0 Å². The standard InChI is InChI=1S/C15H21NO2S/c1-19-15(8-5-9-15)11-16-10-13(14(17)18)12-6-3-2-4-7-12/h2-4,6-7,13,16H,5,8-11H2,1H3,(H,17,18). The maximum atomic E-state index is 11.4. The first-order chi connectivity index (χ1) is 9.17. The zero-order chi connectivity index (χ0) is 13.7. The van der Waals surface area contributed by atoms with Gasteiger partial charge in [-0.15, -0.1) is 0 Å². The van der Waals surface area contributed by atoms with E-state index in [2.05, 4.69) is 11.6 Å². The van der Waals surface area contributed by atoms with Gasteiger partial charge in [0.15, 0.2) is 0 Å². The molecule has 0 amide bonds. The quantitative estimate of drug-likeness (QED) is 0.806. The molecule has 19 heavy (non-hydrogen) atoms. The van der Waals surface area contributed by atoms with Crippen molar-refractivity contribution in [3.8, 4) is 0 Å². The Hall–Kier alpha value is -1.00. The lowest BCUT2D eigenvalue weighted by atomic mass is 9.84. The molecule has 1 fully saturated rings. The number of nitrogens with one attached hydrogen (secondary N) is 1. The van der Waals surface area contributed by atoms with Crippen molar-refractivity contribution in [1.29, 1.82) is 0 Å². The van der Waals surface area contributed by atoms with Crippen LogP contribution in [0.15, 0.2) is 30.3 Å². The number of hydrogen-bond donors (Lipinski definition) is 2. The van der Waals surface area contributed by atoms with Gasteiger partial charge in [-0.2, -0.15) is 11.8 Å². The molecule has 1 atom stereocenters. The van der Waals surface area contributed by atoms with Gasteiger partial charge in [-0.05, 0) is 24.7 Å². The highest BCUT2D eigenvalue weighted by Gasteiger charge is 2.35. The minimum absolute atomic E-state index is 0.347. The van der Waals surface area contributed by atoms with Crippen molar-refractivity contribution in [1.82, 2.24) is 5.32 Å². The summed E-state index contributed by atoms with van der Waals surface area (Å²) < 4.78 is 0.347. The zero-order valence-corrected chi connectivity index (χ0v) is 12.1. The van der Waals surface area contributed by atoms with E-state index in [0.717, 1.165) is 12.1 Å². The average molecular weight is 279 g/mol. The van der Waals surface area contributed by atoms with Crippen LogP contribution < -0.4 is 5.32 Å². The van der Waals surface area contributed by atoms with E-state index in [0.29, 0.717) is 11.3 Å². The van der Waals surface area contributed by atoms with Crippen molar-refractivity contribution in [2.75, 3.05) is 19.3 Å². The summed E-state index contributed by atoms with van der Waals surface area (Å²) in [5.74, 6) is -1.22. The molecule has 1 aromatic rings. The monoisotopic (exact) mass is 279 g/mol. The lowest BCUT2D eigenvalue weighted by Gasteiger charge is -2.40. The van der Waals surface area contributed by atoms with E-state index in [9.17, 15) is 9.90 Å². The normalized spacial score (nSPS) is 18.6. The number of rotatable bonds is 7. The SMILES string of the molecule is CSC1(CNCC(C(=O)O)c2ccccc2)CCC1. The van der Waals surface area contributed by atoms with E-state index in [1.807, 2.05) is 42.1 Å². The lowest BCUT2D eigenvalue weighted by Crippen LogP contribution is -2.44. The summed E-state index contributed by atoms with van der Waals surface area (Å²) in [4.78, 5) is 11.4. The van der Waals surface area contributed by atoms with Crippen LogP contribution in [0.1, 0.15) is 30.7 Å². The first kappa shape index (κ1) is 14.4. The van der Waals surface area contributed by atoms with E-state index in [1.54, 1.807) is 0 Å². The Morgan fingerprint density at radius 2 is 2.11 bits per heavy atom. The summed E-state index contributed by atoms with van der Waals surface area (Å²) in [6.45, 7) is 1.41. The number of carboxylic acid groups (broad SMARTS) is 1. The Balaban J connectivity index is 1.90. The summed E-state index contributed by atoms with van der Waals surface area (Å²) >= 11 is 1.90. The largest absolute Gasteiger partial charge is 0.481 e. The Labute approximate surface area is 118 Å². The molecule has 1 saturated carbocycles. The van der Waals surface area contributed by atoms with Crippen LogP contribution in [0.4, 0.5) is 0 Å². The molecule has 4 heteroatoms. The summed E-state index contributed by atoms with van der Waals surface area (Å²) in [6, 6.07) is 9.45. The number of hydrogen-bond acceptors (Lipinski definition) is 3. The third-order valence-electron chi connectivity index (χ3n) is 3.99. The van der Waals surface area contributed by atoms with Crippen molar-refractivity contribution in [2.24, 2.45) is 0 Å². The summed E-state index contributed by atoms with van der Waals surface area (Å²) in [7, 11) is 0. The second-order valence-corrected chi connectivity index (χ2v) is 6.45. The smallest absolute Gasteiger partial charge is 0.312 e. The van der Waals surface area contributed by atoms with E-state index < -0.39 is 11.9 Å². The maximum absolute atomic E-state index is 11.4. The van der Waals surface area contributed by atoms with Gasteiger partial charge in [0.1, 0.15) is 0 Å². The van der Waals surface area contributed by atoms with Crippen LogP contribution >= 0.6 is 11.8 Å². The highest BCUT2D eigenvalue weighted by Crippen LogP contribution is 2.42. The molecule has 1 aliphatic carbocycles. The minimum Gasteiger partial charge on any atom is -0.481 e. The highest BCUT2D eigenvalue weighted by atomic mass is 32.2. The number of thioether (sulfide) groups is 1. The van der Waals surface area contributed by atoms with Crippen LogP contribution in [0.2, 0.25) is 0 Å². The molecule has 0 heterocycles. The van der Waals surface area contributed by atoms with E-state index in [4.69, 9.17) is 0 Å². The van der Waals surface area contributed by atoms with Gasteiger partial charge >= 0.3 is 5.97 Å². The highest BCUT2D eigenvalue weighted by molar-refractivity contribution is 8.00. The molecule has 3 nitrogen and oxygen atoms in total. The zero-order valence-electron chi connectivity index (χ0n) is 11.3. The van der Waals surface area contributed by atoms with Crippen LogP contribution in [-0.4, -0.2) is 35.2 Å². The number of carbonyl (C=O) groups is 1. The molecule has 1 aromatic carbocycles. The second-order valence-electron chi connectivity index (χ2n) is 5.17. The van der Waals surface area contributed by atoms with Gasteiger partial charge < -0.3 is 10.4 Å². The molecule has 0 aliphatic heterocycles. The molecule has 0 bridgehead atoms. The van der Waals surface area contributed by atoms with Crippen molar-refractivity contribution in [3.05, 3.63) is 35.9 Å². The predicted molar refractivity (Wildman–Crippen MR) is 79.8 cm³/mol. The van der Waals surface area contributed by atoms with Gasteiger partial charge in [-0.1, -0.05) is 36.8 Å². The van der Waals surface area contributed by atoms with Gasteiger partial charge in [0.2, 0.25) is 0 Å². The molecular formula is C15H21NO2S. The van der Waals surface area contributed by atoms with Crippen molar-refractivity contribution < 1.29 is 9.90 Å². The summed E-state index contributed by atoms with van der Waals surface area (Å²) in [5, 5.41) is 12.7.